The number of unbranched alkanes of at least 4 members (excludes halogenated alkanes) is 15. The van der Waals surface area contributed by atoms with E-state index in [4.69, 9.17) is 17.2 Å². The Labute approximate surface area is 189 Å². The van der Waals surface area contributed by atoms with Crippen molar-refractivity contribution in [2.24, 2.45) is 5.73 Å². The van der Waals surface area contributed by atoms with Crippen LogP contribution in [0, 0.1) is 0 Å². The first kappa shape index (κ1) is 27.0. The van der Waals surface area contributed by atoms with E-state index in [1.807, 2.05) is 11.8 Å². The van der Waals surface area contributed by atoms with E-state index in [0.29, 0.717) is 5.82 Å². The number of nitrogens with zero attached hydrogens (tertiary/aromatic N) is 3. The Hall–Kier alpha value is -1.08. The molecule has 6 nitrogen and oxygen atoms in total. The molecule has 0 spiro atoms. The number of nitrogens with two attached hydrogens (primary N) is 3. The van der Waals surface area contributed by atoms with Crippen LogP contribution >= 0.6 is 11.8 Å². The van der Waals surface area contributed by atoms with Gasteiger partial charge in [0.25, 0.3) is 0 Å². The van der Waals surface area contributed by atoms with Gasteiger partial charge in [0.1, 0.15) is 5.82 Å². The van der Waals surface area contributed by atoms with Crippen LogP contribution in [0.25, 0.3) is 0 Å². The van der Waals surface area contributed by atoms with Gasteiger partial charge in [0.05, 0.1) is 0 Å². The lowest BCUT2D eigenvalue weighted by Gasteiger charge is -2.04. The number of aryl methyl sites for hydroxylation is 1. The predicted molar refractivity (Wildman–Crippen MR) is 133 cm³/mol. The fourth-order valence-electron chi connectivity index (χ4n) is 3.66. The molecule has 6 N–H and O–H groups in total. The zero-order chi connectivity index (χ0) is 21.7. The normalized spacial score (nSPS) is 11.2. The molecule has 0 radical (unpaired) electrons. The molecule has 1 aromatic heterocycles. The van der Waals surface area contributed by atoms with E-state index in [2.05, 4.69) is 15.0 Å². The number of hydrogen-bond acceptors (Lipinski definition) is 7. The van der Waals surface area contributed by atoms with Gasteiger partial charge in [-0.3, -0.25) is 0 Å². The first-order valence-corrected chi connectivity index (χ1v) is 13.4. The molecule has 0 unspecified atom stereocenters. The molecule has 0 saturated heterocycles. The summed E-state index contributed by atoms with van der Waals surface area (Å²) < 4.78 is 0. The Morgan fingerprint density at radius 3 is 1.33 bits per heavy atom. The van der Waals surface area contributed by atoms with Crippen molar-refractivity contribution >= 4 is 23.7 Å². The Morgan fingerprint density at radius 1 is 0.500 bits per heavy atom. The van der Waals surface area contributed by atoms with Gasteiger partial charge in [0, 0.05) is 12.2 Å². The summed E-state index contributed by atoms with van der Waals surface area (Å²) in [5, 5.41) is 0. The lowest BCUT2D eigenvalue weighted by molar-refractivity contribution is 0.530. The predicted octanol–water partition coefficient (Wildman–Crippen LogP) is 5.51. The maximum absolute atomic E-state index is 5.59. The zero-order valence-corrected chi connectivity index (χ0v) is 19.9. The van der Waals surface area contributed by atoms with Crippen molar-refractivity contribution in [3.05, 3.63) is 5.82 Å². The Kier molecular flexibility index (Phi) is 17.8. The van der Waals surface area contributed by atoms with Crippen LogP contribution in [0.2, 0.25) is 0 Å². The molecule has 1 rings (SSSR count). The van der Waals surface area contributed by atoms with Gasteiger partial charge >= 0.3 is 0 Å². The van der Waals surface area contributed by atoms with E-state index in [1.54, 1.807) is 0 Å². The third kappa shape index (κ3) is 16.7. The highest BCUT2D eigenvalue weighted by atomic mass is 32.2. The van der Waals surface area contributed by atoms with Crippen molar-refractivity contribution in [3.63, 3.8) is 0 Å². The standard InChI is InChI=1S/C23H46N6S/c24-18-15-13-11-9-7-5-3-1-2-4-6-8-10-12-14-16-19-30-20-17-21-27-22(25)29-23(26)28-21/h1-20,24H2,(H4,25,26,27,28,29). The molecule has 174 valence electrons. The molecule has 7 heteroatoms. The Bertz CT molecular complexity index is 494. The third-order valence-electron chi connectivity index (χ3n) is 5.43. The lowest BCUT2D eigenvalue weighted by atomic mass is 10.0. The summed E-state index contributed by atoms with van der Waals surface area (Å²) in [6.45, 7) is 0.857. The van der Waals surface area contributed by atoms with Gasteiger partial charge in [0.15, 0.2) is 0 Å². The highest BCUT2D eigenvalue weighted by Crippen LogP contribution is 2.15. The van der Waals surface area contributed by atoms with E-state index in [1.165, 1.54) is 108 Å². The molecule has 1 heterocycles. The maximum Gasteiger partial charge on any atom is 0.225 e. The second-order valence-electron chi connectivity index (χ2n) is 8.28. The SMILES string of the molecule is NCCCCCCCCCCCCCCCCCCSCCc1nc(N)nc(N)n1. The molecule has 0 atom stereocenters. The lowest BCUT2D eigenvalue weighted by Crippen LogP contribution is -2.07. The van der Waals surface area contributed by atoms with E-state index >= 15 is 0 Å². The first-order chi connectivity index (χ1) is 14.7. The van der Waals surface area contributed by atoms with Gasteiger partial charge in [-0.05, 0) is 25.1 Å². The van der Waals surface area contributed by atoms with Gasteiger partial charge in [-0.1, -0.05) is 89.9 Å². The number of hydrogen-bond donors (Lipinski definition) is 3. The second kappa shape index (κ2) is 19.9. The average Bonchev–Trinajstić information content (AvgIpc) is 2.71. The van der Waals surface area contributed by atoms with Crippen LogP contribution in [0.15, 0.2) is 0 Å². The largest absolute Gasteiger partial charge is 0.368 e. The van der Waals surface area contributed by atoms with Crippen LogP contribution in [-0.4, -0.2) is 33.0 Å². The summed E-state index contributed by atoms with van der Waals surface area (Å²) in [5.74, 6) is 3.35. The van der Waals surface area contributed by atoms with Gasteiger partial charge in [-0.2, -0.15) is 26.7 Å². The van der Waals surface area contributed by atoms with Crippen molar-refractivity contribution in [1.82, 2.24) is 15.0 Å². The van der Waals surface area contributed by atoms with Crippen LogP contribution in [0.4, 0.5) is 11.9 Å². The molecule has 0 fully saturated rings. The van der Waals surface area contributed by atoms with E-state index in [0.717, 1.165) is 18.7 Å². The molecule has 30 heavy (non-hydrogen) atoms. The van der Waals surface area contributed by atoms with Crippen LogP contribution in [0.5, 0.6) is 0 Å². The molecule has 0 aromatic carbocycles. The van der Waals surface area contributed by atoms with Gasteiger partial charge in [-0.15, -0.1) is 0 Å². The van der Waals surface area contributed by atoms with Crippen molar-refractivity contribution in [2.75, 3.05) is 29.5 Å². The summed E-state index contributed by atoms with van der Waals surface area (Å²) in [7, 11) is 0. The third-order valence-corrected chi connectivity index (χ3v) is 6.50. The Morgan fingerprint density at radius 2 is 0.900 bits per heavy atom. The number of rotatable bonds is 21. The number of anilines is 2. The fourth-order valence-corrected chi connectivity index (χ4v) is 4.60. The van der Waals surface area contributed by atoms with Crippen molar-refractivity contribution in [1.29, 1.82) is 0 Å². The fraction of sp³-hybridized carbons (Fsp3) is 0.870. The Balaban J connectivity index is 1.74. The van der Waals surface area contributed by atoms with Gasteiger partial charge < -0.3 is 17.2 Å². The van der Waals surface area contributed by atoms with Crippen LogP contribution < -0.4 is 17.2 Å². The van der Waals surface area contributed by atoms with E-state index in [9.17, 15) is 0 Å². The summed E-state index contributed by atoms with van der Waals surface area (Å²) in [4.78, 5) is 12.0. The maximum atomic E-state index is 5.59. The van der Waals surface area contributed by atoms with Crippen LogP contribution in [-0.2, 0) is 6.42 Å². The molecule has 0 aliphatic heterocycles. The quantitative estimate of drug-likeness (QED) is 0.216. The molecule has 1 aromatic rings. The summed E-state index contributed by atoms with van der Waals surface area (Å²) in [6, 6.07) is 0. The second-order valence-corrected chi connectivity index (χ2v) is 9.50. The highest BCUT2D eigenvalue weighted by molar-refractivity contribution is 7.99. The molecule has 0 aliphatic rings. The van der Waals surface area contributed by atoms with E-state index < -0.39 is 0 Å². The van der Waals surface area contributed by atoms with Crippen LogP contribution in [0.1, 0.15) is 109 Å². The summed E-state index contributed by atoms with van der Waals surface area (Å²) >= 11 is 1.96. The molecule has 0 bridgehead atoms. The first-order valence-electron chi connectivity index (χ1n) is 12.3. The van der Waals surface area contributed by atoms with Gasteiger partial charge in [-0.25, -0.2) is 0 Å². The molecular formula is C23H46N6S. The van der Waals surface area contributed by atoms with Gasteiger partial charge in [0.2, 0.25) is 11.9 Å². The van der Waals surface area contributed by atoms with Crippen molar-refractivity contribution in [2.45, 2.75) is 109 Å². The zero-order valence-electron chi connectivity index (χ0n) is 19.1. The summed E-state index contributed by atoms with van der Waals surface area (Å²) in [5.41, 5.74) is 16.7. The number of thioether (sulfide) groups is 1. The minimum absolute atomic E-state index is 0.215. The minimum atomic E-state index is 0.215. The van der Waals surface area contributed by atoms with Crippen LogP contribution in [0.3, 0.4) is 0 Å². The topological polar surface area (TPSA) is 117 Å². The molecule has 0 saturated carbocycles. The number of nitrogen functional groups attached to an aromatic ring is 2. The minimum Gasteiger partial charge on any atom is -0.368 e. The van der Waals surface area contributed by atoms with Crippen molar-refractivity contribution < 1.29 is 0 Å². The van der Waals surface area contributed by atoms with Crippen molar-refractivity contribution in [3.8, 4) is 0 Å². The smallest absolute Gasteiger partial charge is 0.225 e. The molecular weight excluding hydrogens is 392 g/mol. The summed E-state index contributed by atoms with van der Waals surface area (Å²) in [6.07, 6.45) is 23.0. The average molecular weight is 439 g/mol. The molecule has 0 amide bonds. The molecule has 0 aliphatic carbocycles. The monoisotopic (exact) mass is 438 g/mol. The highest BCUT2D eigenvalue weighted by Gasteiger charge is 2.02. The number of aromatic nitrogens is 3. The van der Waals surface area contributed by atoms with E-state index in [-0.39, 0.29) is 11.9 Å².